The number of aliphatic hydroxyl groups is 1. The number of carbonyl (C=O) groups is 2. The second-order valence-corrected chi connectivity index (χ2v) is 5.74. The van der Waals surface area contributed by atoms with Crippen molar-refractivity contribution in [3.05, 3.63) is 0 Å². The Bertz CT molecular complexity index is 313. The van der Waals surface area contributed by atoms with Gasteiger partial charge in [-0.1, -0.05) is 6.92 Å². The topological polar surface area (TPSA) is 89.9 Å². The molecule has 6 nitrogen and oxygen atoms in total. The normalized spacial score (nSPS) is 24.9. The van der Waals surface area contributed by atoms with Crippen LogP contribution in [-0.2, 0) is 4.79 Å². The molecule has 3 unspecified atom stereocenters. The van der Waals surface area contributed by atoms with E-state index in [2.05, 4.69) is 12.2 Å². The number of carbonyl (C=O) groups excluding carboxylic acids is 1. The van der Waals surface area contributed by atoms with E-state index in [0.29, 0.717) is 11.8 Å². The third-order valence-corrected chi connectivity index (χ3v) is 4.09. The van der Waals surface area contributed by atoms with Crippen LogP contribution in [-0.4, -0.2) is 63.9 Å². The Hall–Kier alpha value is -0.950. The van der Waals surface area contributed by atoms with Gasteiger partial charge in [0.15, 0.2) is 0 Å². The molecule has 3 N–H and O–H groups in total. The number of rotatable bonds is 5. The van der Waals surface area contributed by atoms with E-state index in [0.717, 1.165) is 6.42 Å². The third-order valence-electron chi connectivity index (χ3n) is 3.05. The van der Waals surface area contributed by atoms with Gasteiger partial charge in [0.1, 0.15) is 6.04 Å². The Morgan fingerprint density at radius 2 is 2.22 bits per heavy atom. The molecule has 18 heavy (non-hydrogen) atoms. The summed E-state index contributed by atoms with van der Waals surface area (Å²) in [6.45, 7) is 2.66. The molecule has 0 spiro atoms. The molecule has 7 heteroatoms. The summed E-state index contributed by atoms with van der Waals surface area (Å²) >= 11 is 1.72. The summed E-state index contributed by atoms with van der Waals surface area (Å²) < 4.78 is 0. The first kappa shape index (κ1) is 15.1. The lowest BCUT2D eigenvalue weighted by Crippen LogP contribution is -2.46. The molecular formula is C11H20N2O4S. The standard InChI is InChI=1S/C11H20N2O4S/c1-7(18-2)3-4-12-11(17)13-6-8(14)5-9(13)10(15)16/h7-9,14H,3-6H2,1-2H3,(H,12,17)(H,15,16). The highest BCUT2D eigenvalue weighted by molar-refractivity contribution is 7.99. The van der Waals surface area contributed by atoms with Gasteiger partial charge < -0.3 is 20.4 Å². The zero-order valence-electron chi connectivity index (χ0n) is 10.6. The largest absolute Gasteiger partial charge is 0.480 e. The number of nitrogens with one attached hydrogen (secondary N) is 1. The summed E-state index contributed by atoms with van der Waals surface area (Å²) in [6, 6.07) is -1.33. The van der Waals surface area contributed by atoms with Crippen LogP contribution >= 0.6 is 11.8 Å². The van der Waals surface area contributed by atoms with Crippen molar-refractivity contribution in [1.82, 2.24) is 10.2 Å². The summed E-state index contributed by atoms with van der Waals surface area (Å²) in [7, 11) is 0. The minimum absolute atomic E-state index is 0.0842. The number of amides is 2. The molecule has 1 heterocycles. The lowest BCUT2D eigenvalue weighted by Gasteiger charge is -2.21. The van der Waals surface area contributed by atoms with E-state index in [9.17, 15) is 14.7 Å². The van der Waals surface area contributed by atoms with Gasteiger partial charge in [0.05, 0.1) is 6.10 Å². The van der Waals surface area contributed by atoms with Crippen LogP contribution in [0.15, 0.2) is 0 Å². The molecular weight excluding hydrogens is 256 g/mol. The first-order valence-corrected chi connectivity index (χ1v) is 7.22. The molecule has 3 atom stereocenters. The lowest BCUT2D eigenvalue weighted by atomic mass is 10.2. The number of nitrogens with zero attached hydrogens (tertiary/aromatic N) is 1. The van der Waals surface area contributed by atoms with Crippen molar-refractivity contribution in [2.75, 3.05) is 19.3 Å². The molecule has 0 aromatic carbocycles. The lowest BCUT2D eigenvalue weighted by molar-refractivity contribution is -0.141. The van der Waals surface area contributed by atoms with Crippen LogP contribution in [0.3, 0.4) is 0 Å². The van der Waals surface area contributed by atoms with Gasteiger partial charge in [0.25, 0.3) is 0 Å². The van der Waals surface area contributed by atoms with Gasteiger partial charge in [-0.05, 0) is 12.7 Å². The van der Waals surface area contributed by atoms with Crippen LogP contribution in [0, 0.1) is 0 Å². The Morgan fingerprint density at radius 3 is 2.78 bits per heavy atom. The van der Waals surface area contributed by atoms with E-state index in [1.54, 1.807) is 11.8 Å². The number of hydrogen-bond donors (Lipinski definition) is 3. The zero-order valence-corrected chi connectivity index (χ0v) is 11.4. The van der Waals surface area contributed by atoms with Crippen molar-refractivity contribution in [3.8, 4) is 0 Å². The fraction of sp³-hybridized carbons (Fsp3) is 0.818. The van der Waals surface area contributed by atoms with Crippen molar-refractivity contribution < 1.29 is 19.8 Å². The first-order chi connectivity index (χ1) is 8.45. The van der Waals surface area contributed by atoms with Crippen molar-refractivity contribution in [2.45, 2.75) is 37.2 Å². The molecule has 0 radical (unpaired) electrons. The number of β-amino-alcohol motifs (C(OH)–C–C–N with tert-alkyl or cyclic N) is 1. The average Bonchev–Trinajstić information content (AvgIpc) is 2.71. The number of urea groups is 1. The number of carboxylic acid groups (broad SMARTS) is 1. The molecule has 1 aliphatic heterocycles. The van der Waals surface area contributed by atoms with Gasteiger partial charge in [-0.2, -0.15) is 11.8 Å². The highest BCUT2D eigenvalue weighted by Crippen LogP contribution is 2.18. The Balaban J connectivity index is 2.43. The SMILES string of the molecule is CSC(C)CCNC(=O)N1CC(O)CC1C(=O)O. The van der Waals surface area contributed by atoms with Crippen molar-refractivity contribution >= 4 is 23.8 Å². The number of aliphatic carboxylic acids is 1. The highest BCUT2D eigenvalue weighted by Gasteiger charge is 2.38. The fourth-order valence-electron chi connectivity index (χ4n) is 1.87. The van der Waals surface area contributed by atoms with Crippen LogP contribution in [0.1, 0.15) is 19.8 Å². The molecule has 0 aliphatic carbocycles. The van der Waals surface area contributed by atoms with Gasteiger partial charge in [-0.15, -0.1) is 0 Å². The number of hydrogen-bond acceptors (Lipinski definition) is 4. The van der Waals surface area contributed by atoms with Crippen LogP contribution in [0.4, 0.5) is 4.79 Å². The van der Waals surface area contributed by atoms with Crippen molar-refractivity contribution in [1.29, 1.82) is 0 Å². The predicted octanol–water partition coefficient (Wildman–Crippen LogP) is 0.357. The quantitative estimate of drug-likeness (QED) is 0.674. The van der Waals surface area contributed by atoms with Crippen LogP contribution in [0.2, 0.25) is 0 Å². The number of likely N-dealkylation sites (tertiary alicyclic amines) is 1. The fourth-order valence-corrected chi connectivity index (χ4v) is 2.23. The van der Waals surface area contributed by atoms with E-state index in [1.807, 2.05) is 6.26 Å². The highest BCUT2D eigenvalue weighted by atomic mass is 32.2. The minimum Gasteiger partial charge on any atom is -0.480 e. The second-order valence-electron chi connectivity index (χ2n) is 4.46. The summed E-state index contributed by atoms with van der Waals surface area (Å²) in [5.41, 5.74) is 0. The van der Waals surface area contributed by atoms with Crippen molar-refractivity contribution in [3.63, 3.8) is 0 Å². The Morgan fingerprint density at radius 1 is 1.56 bits per heavy atom. The molecule has 1 rings (SSSR count). The molecule has 104 valence electrons. The third kappa shape index (κ3) is 4.06. The molecule has 2 amide bonds. The molecule has 1 aliphatic rings. The van der Waals surface area contributed by atoms with Gasteiger partial charge in [0.2, 0.25) is 0 Å². The first-order valence-electron chi connectivity index (χ1n) is 5.93. The zero-order chi connectivity index (χ0) is 13.7. The van der Waals surface area contributed by atoms with E-state index >= 15 is 0 Å². The Kier molecular flexibility index (Phi) is 5.74. The van der Waals surface area contributed by atoms with E-state index in [1.165, 1.54) is 4.90 Å². The van der Waals surface area contributed by atoms with E-state index in [-0.39, 0.29) is 13.0 Å². The number of thioether (sulfide) groups is 1. The van der Waals surface area contributed by atoms with Gasteiger partial charge in [0, 0.05) is 24.8 Å². The van der Waals surface area contributed by atoms with E-state index < -0.39 is 24.1 Å². The second kappa shape index (κ2) is 6.84. The number of carboxylic acids is 1. The maximum atomic E-state index is 11.8. The Labute approximate surface area is 111 Å². The average molecular weight is 276 g/mol. The van der Waals surface area contributed by atoms with E-state index in [4.69, 9.17) is 5.11 Å². The summed E-state index contributed by atoms with van der Waals surface area (Å²) in [6.07, 6.45) is 2.19. The predicted molar refractivity (Wildman–Crippen MR) is 69.7 cm³/mol. The van der Waals surface area contributed by atoms with Crippen LogP contribution < -0.4 is 5.32 Å². The van der Waals surface area contributed by atoms with Gasteiger partial charge >= 0.3 is 12.0 Å². The van der Waals surface area contributed by atoms with Crippen LogP contribution in [0.5, 0.6) is 0 Å². The smallest absolute Gasteiger partial charge is 0.326 e. The van der Waals surface area contributed by atoms with Gasteiger partial charge in [-0.3, -0.25) is 0 Å². The molecule has 0 bridgehead atoms. The van der Waals surface area contributed by atoms with Gasteiger partial charge in [-0.25, -0.2) is 9.59 Å². The molecule has 1 saturated heterocycles. The number of aliphatic hydroxyl groups excluding tert-OH is 1. The maximum absolute atomic E-state index is 11.8. The molecule has 0 aromatic rings. The summed E-state index contributed by atoms with van der Waals surface area (Å²) in [5.74, 6) is -1.07. The van der Waals surface area contributed by atoms with Crippen LogP contribution in [0.25, 0.3) is 0 Å². The monoisotopic (exact) mass is 276 g/mol. The molecule has 0 saturated carbocycles. The maximum Gasteiger partial charge on any atom is 0.326 e. The summed E-state index contributed by atoms with van der Waals surface area (Å²) in [4.78, 5) is 24.0. The minimum atomic E-state index is -1.07. The molecule has 0 aromatic heterocycles. The summed E-state index contributed by atoms with van der Waals surface area (Å²) in [5, 5.41) is 21.5. The van der Waals surface area contributed by atoms with Crippen molar-refractivity contribution in [2.24, 2.45) is 0 Å². The molecule has 1 fully saturated rings.